The molecule has 0 aromatic rings. The number of carboxylic acid groups (broad SMARTS) is 1. The van der Waals surface area contributed by atoms with E-state index in [1.54, 1.807) is 0 Å². The van der Waals surface area contributed by atoms with Crippen LogP contribution < -0.4 is 10.6 Å². The number of ether oxygens (including phenoxy) is 1. The Morgan fingerprint density at radius 2 is 2.22 bits per heavy atom. The van der Waals surface area contributed by atoms with E-state index in [-0.39, 0.29) is 24.7 Å². The van der Waals surface area contributed by atoms with Crippen LogP contribution in [-0.2, 0) is 19.1 Å². The number of ketones is 1. The third-order valence-corrected chi connectivity index (χ3v) is 2.58. The monoisotopic (exact) mass is 258 g/mol. The molecule has 1 heterocycles. The SMILES string of the molecule is O=C(O)CCCOCCNC(=O)[C@H]1CNCC1=O. The molecule has 1 aliphatic rings. The molecule has 0 saturated carbocycles. The molecule has 7 heteroatoms. The van der Waals surface area contributed by atoms with Gasteiger partial charge >= 0.3 is 5.97 Å². The van der Waals surface area contributed by atoms with E-state index in [0.29, 0.717) is 32.7 Å². The van der Waals surface area contributed by atoms with E-state index in [0.717, 1.165) is 0 Å². The molecule has 1 amide bonds. The van der Waals surface area contributed by atoms with E-state index in [1.807, 2.05) is 0 Å². The van der Waals surface area contributed by atoms with Crippen molar-refractivity contribution in [2.45, 2.75) is 12.8 Å². The molecule has 102 valence electrons. The van der Waals surface area contributed by atoms with E-state index in [4.69, 9.17) is 9.84 Å². The van der Waals surface area contributed by atoms with Crippen molar-refractivity contribution in [3.05, 3.63) is 0 Å². The zero-order valence-corrected chi connectivity index (χ0v) is 10.1. The van der Waals surface area contributed by atoms with Crippen LogP contribution in [0.25, 0.3) is 0 Å². The van der Waals surface area contributed by atoms with Gasteiger partial charge in [-0.2, -0.15) is 0 Å². The van der Waals surface area contributed by atoms with Crippen molar-refractivity contribution >= 4 is 17.7 Å². The first-order chi connectivity index (χ1) is 8.61. The summed E-state index contributed by atoms with van der Waals surface area (Å²) in [5, 5.41) is 13.8. The number of carboxylic acids is 1. The number of carbonyl (C=O) groups is 3. The summed E-state index contributed by atoms with van der Waals surface area (Å²) in [4.78, 5) is 33.0. The molecule has 18 heavy (non-hydrogen) atoms. The van der Waals surface area contributed by atoms with Gasteiger partial charge in [-0.25, -0.2) is 0 Å². The molecule has 0 aromatic heterocycles. The van der Waals surface area contributed by atoms with Gasteiger partial charge in [0.1, 0.15) is 5.92 Å². The molecule has 0 radical (unpaired) electrons. The average Bonchev–Trinajstić information content (AvgIpc) is 2.73. The maximum Gasteiger partial charge on any atom is 0.303 e. The lowest BCUT2D eigenvalue weighted by atomic mass is 10.1. The van der Waals surface area contributed by atoms with E-state index >= 15 is 0 Å². The highest BCUT2D eigenvalue weighted by atomic mass is 16.5. The number of hydrogen-bond acceptors (Lipinski definition) is 5. The molecule has 0 spiro atoms. The molecular weight excluding hydrogens is 240 g/mol. The van der Waals surface area contributed by atoms with Crippen molar-refractivity contribution in [1.29, 1.82) is 0 Å². The summed E-state index contributed by atoms with van der Waals surface area (Å²) in [6.45, 7) is 1.65. The van der Waals surface area contributed by atoms with Crippen LogP contribution in [0.15, 0.2) is 0 Å². The largest absolute Gasteiger partial charge is 0.481 e. The lowest BCUT2D eigenvalue weighted by Gasteiger charge is -2.09. The van der Waals surface area contributed by atoms with Crippen molar-refractivity contribution in [2.75, 3.05) is 32.8 Å². The van der Waals surface area contributed by atoms with Crippen LogP contribution in [0, 0.1) is 5.92 Å². The van der Waals surface area contributed by atoms with E-state index in [1.165, 1.54) is 0 Å². The second-order valence-electron chi connectivity index (χ2n) is 4.05. The Morgan fingerprint density at radius 3 is 2.83 bits per heavy atom. The molecule has 1 aliphatic heterocycles. The standard InChI is InChI=1S/C11H18N2O5/c14-9-7-12-6-8(9)11(17)13-3-5-18-4-1-2-10(15)16/h8,12H,1-7H2,(H,13,17)(H,15,16)/t8-/m0/s1. The summed E-state index contributed by atoms with van der Waals surface area (Å²) in [5.74, 6) is -1.80. The zero-order chi connectivity index (χ0) is 13.4. The Morgan fingerprint density at radius 1 is 1.44 bits per heavy atom. The maximum atomic E-state index is 11.5. The predicted molar refractivity (Wildman–Crippen MR) is 62.1 cm³/mol. The number of carbonyl (C=O) groups excluding carboxylic acids is 2. The minimum atomic E-state index is -0.848. The summed E-state index contributed by atoms with van der Waals surface area (Å²) in [6, 6.07) is 0. The van der Waals surface area contributed by atoms with Crippen LogP contribution in [0.1, 0.15) is 12.8 Å². The highest BCUT2D eigenvalue weighted by Crippen LogP contribution is 2.02. The van der Waals surface area contributed by atoms with Gasteiger partial charge in [0.2, 0.25) is 5.91 Å². The Balaban J connectivity index is 1.99. The van der Waals surface area contributed by atoms with Crippen LogP contribution in [0.3, 0.4) is 0 Å². The molecular formula is C11H18N2O5. The van der Waals surface area contributed by atoms with E-state index < -0.39 is 11.9 Å². The van der Waals surface area contributed by atoms with Gasteiger partial charge in [0.05, 0.1) is 13.2 Å². The topological polar surface area (TPSA) is 105 Å². The van der Waals surface area contributed by atoms with Gasteiger partial charge in [0.25, 0.3) is 0 Å². The Labute approximate surface area is 105 Å². The third-order valence-electron chi connectivity index (χ3n) is 2.58. The molecule has 0 bridgehead atoms. The summed E-state index contributed by atoms with van der Waals surface area (Å²) < 4.78 is 5.15. The minimum absolute atomic E-state index is 0.0780. The summed E-state index contributed by atoms with van der Waals surface area (Å²) >= 11 is 0. The Bertz CT molecular complexity index is 319. The number of nitrogens with one attached hydrogen (secondary N) is 2. The van der Waals surface area contributed by atoms with E-state index in [2.05, 4.69) is 10.6 Å². The van der Waals surface area contributed by atoms with Crippen LogP contribution >= 0.6 is 0 Å². The normalized spacial score (nSPS) is 18.9. The quantitative estimate of drug-likeness (QED) is 0.372. The Kier molecular flexibility index (Phi) is 6.31. The van der Waals surface area contributed by atoms with Crippen LogP contribution in [0.4, 0.5) is 0 Å². The van der Waals surface area contributed by atoms with Crippen molar-refractivity contribution in [2.24, 2.45) is 5.92 Å². The Hall–Kier alpha value is -1.47. The number of aliphatic carboxylic acids is 1. The first kappa shape index (κ1) is 14.6. The maximum absolute atomic E-state index is 11.5. The smallest absolute Gasteiger partial charge is 0.303 e. The predicted octanol–water partition coefficient (Wildman–Crippen LogP) is -1.23. The first-order valence-electron chi connectivity index (χ1n) is 5.92. The fourth-order valence-electron chi connectivity index (χ4n) is 1.61. The molecule has 1 saturated heterocycles. The van der Waals surface area contributed by atoms with Crippen molar-refractivity contribution in [3.63, 3.8) is 0 Å². The second-order valence-corrected chi connectivity index (χ2v) is 4.05. The highest BCUT2D eigenvalue weighted by Gasteiger charge is 2.30. The summed E-state index contributed by atoms with van der Waals surface area (Å²) in [5.41, 5.74) is 0. The molecule has 0 aliphatic carbocycles. The minimum Gasteiger partial charge on any atom is -0.481 e. The first-order valence-corrected chi connectivity index (χ1v) is 5.92. The number of amides is 1. The van der Waals surface area contributed by atoms with Gasteiger partial charge < -0.3 is 20.5 Å². The number of Topliss-reactive ketones (excluding diaryl/α,β-unsaturated/α-hetero) is 1. The molecule has 1 atom stereocenters. The fourth-order valence-corrected chi connectivity index (χ4v) is 1.61. The van der Waals surface area contributed by atoms with Crippen LogP contribution in [-0.4, -0.2) is 55.6 Å². The fraction of sp³-hybridized carbons (Fsp3) is 0.727. The molecule has 7 nitrogen and oxygen atoms in total. The second kappa shape index (κ2) is 7.78. The van der Waals surface area contributed by atoms with Gasteiger partial charge in [0.15, 0.2) is 5.78 Å². The van der Waals surface area contributed by atoms with Gasteiger partial charge in [-0.3, -0.25) is 14.4 Å². The van der Waals surface area contributed by atoms with E-state index in [9.17, 15) is 14.4 Å². The lowest BCUT2D eigenvalue weighted by Crippen LogP contribution is -2.36. The molecule has 3 N–H and O–H groups in total. The van der Waals surface area contributed by atoms with Crippen molar-refractivity contribution in [3.8, 4) is 0 Å². The number of hydrogen-bond donors (Lipinski definition) is 3. The molecule has 0 unspecified atom stereocenters. The molecule has 0 aromatic carbocycles. The zero-order valence-electron chi connectivity index (χ0n) is 10.1. The highest BCUT2D eigenvalue weighted by molar-refractivity contribution is 6.03. The summed E-state index contributed by atoms with van der Waals surface area (Å²) in [7, 11) is 0. The molecule has 1 fully saturated rings. The van der Waals surface area contributed by atoms with Crippen molar-refractivity contribution < 1.29 is 24.2 Å². The van der Waals surface area contributed by atoms with Crippen molar-refractivity contribution in [1.82, 2.24) is 10.6 Å². The summed E-state index contributed by atoms with van der Waals surface area (Å²) in [6.07, 6.45) is 0.531. The van der Waals surface area contributed by atoms with Gasteiger partial charge in [0, 0.05) is 26.1 Å². The van der Waals surface area contributed by atoms with Gasteiger partial charge in [-0.15, -0.1) is 0 Å². The van der Waals surface area contributed by atoms with Gasteiger partial charge in [-0.1, -0.05) is 0 Å². The van der Waals surface area contributed by atoms with Gasteiger partial charge in [-0.05, 0) is 6.42 Å². The lowest BCUT2D eigenvalue weighted by molar-refractivity contribution is -0.137. The third kappa shape index (κ3) is 5.24. The molecule has 1 rings (SSSR count). The van der Waals surface area contributed by atoms with Crippen LogP contribution in [0.2, 0.25) is 0 Å². The number of rotatable bonds is 8. The van der Waals surface area contributed by atoms with Crippen LogP contribution in [0.5, 0.6) is 0 Å². The average molecular weight is 258 g/mol.